The van der Waals surface area contributed by atoms with Gasteiger partial charge in [-0.15, -0.1) is 0 Å². The summed E-state index contributed by atoms with van der Waals surface area (Å²) in [6.07, 6.45) is 5.83. The van der Waals surface area contributed by atoms with Gasteiger partial charge in [-0.1, -0.05) is 43.2 Å². The molecule has 2 heterocycles. The van der Waals surface area contributed by atoms with Crippen molar-refractivity contribution in [3.05, 3.63) is 35.9 Å². The second kappa shape index (κ2) is 9.26. The summed E-state index contributed by atoms with van der Waals surface area (Å²) < 4.78 is 0. The van der Waals surface area contributed by atoms with Crippen LogP contribution >= 0.6 is 0 Å². The van der Waals surface area contributed by atoms with Crippen LogP contribution in [0.4, 0.5) is 0 Å². The van der Waals surface area contributed by atoms with E-state index < -0.39 is 0 Å². The lowest BCUT2D eigenvalue weighted by atomic mass is 9.83. The molecule has 3 aliphatic rings. The first-order valence-corrected chi connectivity index (χ1v) is 11.1. The van der Waals surface area contributed by atoms with E-state index in [2.05, 4.69) is 22.3 Å². The van der Waals surface area contributed by atoms with Crippen molar-refractivity contribution in [1.82, 2.24) is 15.1 Å². The van der Waals surface area contributed by atoms with E-state index in [4.69, 9.17) is 0 Å². The zero-order valence-electron chi connectivity index (χ0n) is 17.1. The maximum atomic E-state index is 13.0. The molecule has 2 unspecified atom stereocenters. The van der Waals surface area contributed by atoms with Gasteiger partial charge in [-0.25, -0.2) is 0 Å². The first-order valence-electron chi connectivity index (χ1n) is 11.1. The van der Waals surface area contributed by atoms with Crippen molar-refractivity contribution in [3.63, 3.8) is 0 Å². The SMILES string of the molecule is O=C(NCC1CC(O)CN1Cc1ccccc1)[C@@H]1CCCC[C@@H]1N1CCCC1=O. The Balaban J connectivity index is 1.35. The van der Waals surface area contributed by atoms with Gasteiger partial charge in [-0.2, -0.15) is 0 Å². The van der Waals surface area contributed by atoms with Gasteiger partial charge in [-0.3, -0.25) is 14.5 Å². The van der Waals surface area contributed by atoms with E-state index >= 15 is 0 Å². The van der Waals surface area contributed by atoms with E-state index in [-0.39, 0.29) is 35.9 Å². The van der Waals surface area contributed by atoms with Crippen molar-refractivity contribution in [2.24, 2.45) is 5.92 Å². The van der Waals surface area contributed by atoms with Gasteiger partial charge >= 0.3 is 0 Å². The van der Waals surface area contributed by atoms with Gasteiger partial charge in [0.1, 0.15) is 0 Å². The molecule has 1 aromatic carbocycles. The van der Waals surface area contributed by atoms with Crippen LogP contribution in [-0.4, -0.2) is 64.5 Å². The van der Waals surface area contributed by atoms with Crippen molar-refractivity contribution in [1.29, 1.82) is 0 Å². The highest BCUT2D eigenvalue weighted by Crippen LogP contribution is 2.31. The molecule has 1 aromatic rings. The molecule has 1 saturated carbocycles. The van der Waals surface area contributed by atoms with Gasteiger partial charge in [0, 0.05) is 44.7 Å². The number of carbonyl (C=O) groups excluding carboxylic acids is 2. The molecule has 0 aromatic heterocycles. The molecule has 3 fully saturated rings. The van der Waals surface area contributed by atoms with Gasteiger partial charge < -0.3 is 15.3 Å². The number of carbonyl (C=O) groups is 2. The van der Waals surface area contributed by atoms with E-state index in [1.807, 2.05) is 23.1 Å². The fourth-order valence-electron chi connectivity index (χ4n) is 5.34. The summed E-state index contributed by atoms with van der Waals surface area (Å²) in [4.78, 5) is 29.5. The third kappa shape index (κ3) is 4.81. The molecule has 0 spiro atoms. The summed E-state index contributed by atoms with van der Waals surface area (Å²) in [6.45, 7) is 2.78. The highest BCUT2D eigenvalue weighted by Gasteiger charge is 2.39. The van der Waals surface area contributed by atoms with Crippen molar-refractivity contribution < 1.29 is 14.7 Å². The fourth-order valence-corrected chi connectivity index (χ4v) is 5.34. The molecule has 2 saturated heterocycles. The van der Waals surface area contributed by atoms with Crippen LogP contribution in [0.5, 0.6) is 0 Å². The molecule has 2 amide bonds. The average Bonchev–Trinajstić information content (AvgIpc) is 3.31. The highest BCUT2D eigenvalue weighted by atomic mass is 16.3. The Bertz CT molecular complexity index is 711. The van der Waals surface area contributed by atoms with Gasteiger partial charge in [0.15, 0.2) is 0 Å². The first-order chi connectivity index (χ1) is 14.1. The van der Waals surface area contributed by atoms with Crippen LogP contribution in [0.3, 0.4) is 0 Å². The van der Waals surface area contributed by atoms with E-state index in [9.17, 15) is 14.7 Å². The van der Waals surface area contributed by atoms with Crippen LogP contribution in [0.25, 0.3) is 0 Å². The number of rotatable bonds is 6. The molecule has 1 aliphatic carbocycles. The maximum Gasteiger partial charge on any atom is 0.225 e. The lowest BCUT2D eigenvalue weighted by molar-refractivity contribution is -0.135. The fraction of sp³-hybridized carbons (Fsp3) is 0.652. The number of hydrogen-bond donors (Lipinski definition) is 2. The second-order valence-electron chi connectivity index (χ2n) is 8.85. The van der Waals surface area contributed by atoms with Crippen LogP contribution in [-0.2, 0) is 16.1 Å². The monoisotopic (exact) mass is 399 g/mol. The molecule has 6 nitrogen and oxygen atoms in total. The summed E-state index contributed by atoms with van der Waals surface area (Å²) in [5.41, 5.74) is 1.22. The van der Waals surface area contributed by atoms with Gasteiger partial charge in [0.25, 0.3) is 0 Å². The standard InChI is InChI=1S/C23H33N3O3/c27-19-13-18(25(16-19)15-17-7-2-1-3-8-17)14-24-23(29)20-9-4-5-10-21(20)26-12-6-11-22(26)28/h1-3,7-8,18-21,27H,4-6,9-16H2,(H,24,29)/t18?,19?,20-,21+/m1/s1. The Kier molecular flexibility index (Phi) is 6.50. The van der Waals surface area contributed by atoms with E-state index in [0.29, 0.717) is 25.9 Å². The molecule has 2 N–H and O–H groups in total. The summed E-state index contributed by atoms with van der Waals surface area (Å²) >= 11 is 0. The van der Waals surface area contributed by atoms with Crippen LogP contribution in [0.1, 0.15) is 50.5 Å². The lowest BCUT2D eigenvalue weighted by Crippen LogP contribution is -2.50. The van der Waals surface area contributed by atoms with Crippen LogP contribution in [0.2, 0.25) is 0 Å². The number of nitrogens with one attached hydrogen (secondary N) is 1. The van der Waals surface area contributed by atoms with E-state index in [1.54, 1.807) is 0 Å². The summed E-state index contributed by atoms with van der Waals surface area (Å²) in [6, 6.07) is 10.5. The predicted molar refractivity (Wildman–Crippen MR) is 111 cm³/mol. The third-order valence-corrected chi connectivity index (χ3v) is 6.82. The smallest absolute Gasteiger partial charge is 0.225 e. The number of benzene rings is 1. The number of amides is 2. The van der Waals surface area contributed by atoms with E-state index in [0.717, 1.165) is 45.2 Å². The van der Waals surface area contributed by atoms with Crippen molar-refractivity contribution in [2.75, 3.05) is 19.6 Å². The molecule has 2 aliphatic heterocycles. The quantitative estimate of drug-likeness (QED) is 0.767. The van der Waals surface area contributed by atoms with Crippen LogP contribution in [0.15, 0.2) is 30.3 Å². The van der Waals surface area contributed by atoms with Crippen molar-refractivity contribution in [3.8, 4) is 0 Å². The Morgan fingerprint density at radius 1 is 1.14 bits per heavy atom. The Morgan fingerprint density at radius 3 is 2.69 bits per heavy atom. The molecule has 29 heavy (non-hydrogen) atoms. The number of aliphatic hydroxyl groups excluding tert-OH is 1. The molecular formula is C23H33N3O3. The summed E-state index contributed by atoms with van der Waals surface area (Å²) in [7, 11) is 0. The topological polar surface area (TPSA) is 72.9 Å². The molecule has 158 valence electrons. The Labute approximate surface area is 173 Å². The number of β-amino-alcohol motifs (C(OH)–C–C–N with tert-alkyl or cyclic N) is 1. The Hall–Kier alpha value is -1.92. The molecule has 6 heteroatoms. The molecule has 0 bridgehead atoms. The van der Waals surface area contributed by atoms with Gasteiger partial charge in [0.2, 0.25) is 11.8 Å². The maximum absolute atomic E-state index is 13.0. The number of hydrogen-bond acceptors (Lipinski definition) is 4. The minimum atomic E-state index is -0.342. The largest absolute Gasteiger partial charge is 0.392 e. The third-order valence-electron chi connectivity index (χ3n) is 6.82. The highest BCUT2D eigenvalue weighted by molar-refractivity contribution is 5.82. The number of aliphatic hydroxyl groups is 1. The van der Waals surface area contributed by atoms with E-state index in [1.165, 1.54) is 5.56 Å². The predicted octanol–water partition coefficient (Wildman–Crippen LogP) is 1.92. The summed E-state index contributed by atoms with van der Waals surface area (Å²) in [5.74, 6) is 0.192. The average molecular weight is 400 g/mol. The zero-order chi connectivity index (χ0) is 20.2. The molecule has 0 radical (unpaired) electrons. The molecule has 4 rings (SSSR count). The first kappa shape index (κ1) is 20.4. The molecule has 4 atom stereocenters. The van der Waals surface area contributed by atoms with Crippen molar-refractivity contribution in [2.45, 2.75) is 69.7 Å². The van der Waals surface area contributed by atoms with Crippen molar-refractivity contribution >= 4 is 11.8 Å². The Morgan fingerprint density at radius 2 is 1.93 bits per heavy atom. The van der Waals surface area contributed by atoms with Gasteiger partial charge in [-0.05, 0) is 31.2 Å². The second-order valence-corrected chi connectivity index (χ2v) is 8.85. The number of likely N-dealkylation sites (tertiary alicyclic amines) is 2. The summed E-state index contributed by atoms with van der Waals surface area (Å²) in [5, 5.41) is 13.3. The lowest BCUT2D eigenvalue weighted by Gasteiger charge is -2.37. The zero-order valence-corrected chi connectivity index (χ0v) is 17.1. The van der Waals surface area contributed by atoms with Crippen LogP contribution in [0, 0.1) is 5.92 Å². The minimum Gasteiger partial charge on any atom is -0.392 e. The normalized spacial score (nSPS) is 30.7. The van der Waals surface area contributed by atoms with Gasteiger partial charge in [0.05, 0.1) is 12.0 Å². The minimum absolute atomic E-state index is 0.0633. The van der Waals surface area contributed by atoms with Crippen LogP contribution < -0.4 is 5.32 Å². The number of nitrogens with zero attached hydrogens (tertiary/aromatic N) is 2. The molecular weight excluding hydrogens is 366 g/mol.